The van der Waals surface area contributed by atoms with E-state index in [0.29, 0.717) is 24.5 Å². The van der Waals surface area contributed by atoms with Gasteiger partial charge in [0.15, 0.2) is 11.5 Å². The summed E-state index contributed by atoms with van der Waals surface area (Å²) in [4.78, 5) is 0. The fourth-order valence-corrected chi connectivity index (χ4v) is 4.50. The summed E-state index contributed by atoms with van der Waals surface area (Å²) in [6.45, 7) is 4.54. The molecule has 0 bridgehead atoms. The topological polar surface area (TPSA) is 59.1 Å². The Kier molecular flexibility index (Phi) is 5.23. The number of methoxy groups -OCH3 is 2. The summed E-state index contributed by atoms with van der Waals surface area (Å²) in [7, 11) is 2.85. The fourth-order valence-electron chi connectivity index (χ4n) is 3.11. The zero-order chi connectivity index (χ0) is 17.4. The molecule has 0 saturated heterocycles. The molecule has 1 unspecified atom stereocenters. The van der Waals surface area contributed by atoms with Crippen molar-refractivity contribution in [3.05, 3.63) is 23.3 Å². The summed E-state index contributed by atoms with van der Waals surface area (Å²) in [5.41, 5.74) is 2.11. The largest absolute Gasteiger partial charge is 0.493 e. The summed E-state index contributed by atoms with van der Waals surface area (Å²) >= 11 is 0. The van der Waals surface area contributed by atoms with E-state index in [9.17, 15) is 8.42 Å². The second kappa shape index (κ2) is 6.67. The summed E-state index contributed by atoms with van der Waals surface area (Å²) in [6.07, 6.45) is 0.659. The normalized spacial score (nSPS) is 19.0. The van der Waals surface area contributed by atoms with Gasteiger partial charge in [0.1, 0.15) is 0 Å². The molecule has 2 rings (SSSR count). The van der Waals surface area contributed by atoms with Crippen molar-refractivity contribution in [3.63, 3.8) is 0 Å². The number of benzene rings is 1. The maximum Gasteiger partial charge on any atom is 0.282 e. The van der Waals surface area contributed by atoms with Crippen LogP contribution < -0.4 is 9.47 Å². The van der Waals surface area contributed by atoms with Crippen molar-refractivity contribution in [1.29, 1.82) is 0 Å². The van der Waals surface area contributed by atoms with Crippen molar-refractivity contribution in [2.75, 3.05) is 34.9 Å². The van der Waals surface area contributed by atoms with Gasteiger partial charge in [-0.2, -0.15) is 17.0 Å². The van der Waals surface area contributed by atoms with Gasteiger partial charge in [-0.3, -0.25) is 0 Å². The van der Waals surface area contributed by atoms with Gasteiger partial charge in [0, 0.05) is 20.6 Å². The van der Waals surface area contributed by atoms with E-state index in [1.165, 1.54) is 4.31 Å². The highest BCUT2D eigenvalue weighted by atomic mass is 32.2. The minimum absolute atomic E-state index is 0.141. The van der Waals surface area contributed by atoms with E-state index in [-0.39, 0.29) is 12.0 Å². The van der Waals surface area contributed by atoms with Crippen LogP contribution in [0.25, 0.3) is 0 Å². The highest BCUT2D eigenvalue weighted by Gasteiger charge is 2.38. The van der Waals surface area contributed by atoms with E-state index in [2.05, 4.69) is 0 Å². The van der Waals surface area contributed by atoms with E-state index in [1.807, 2.05) is 26.0 Å². The minimum Gasteiger partial charge on any atom is -0.493 e. The third-order valence-electron chi connectivity index (χ3n) is 4.27. The molecule has 7 heteroatoms. The van der Waals surface area contributed by atoms with Gasteiger partial charge in [0.2, 0.25) is 0 Å². The zero-order valence-corrected chi connectivity index (χ0v) is 15.5. The Bertz CT molecular complexity index is 671. The summed E-state index contributed by atoms with van der Waals surface area (Å²) in [5, 5.41) is 0. The van der Waals surface area contributed by atoms with Gasteiger partial charge in [0.05, 0.1) is 20.3 Å². The molecule has 1 aliphatic rings. The molecule has 0 N–H and O–H groups in total. The second-order valence-electron chi connectivity index (χ2n) is 6.25. The van der Waals surface area contributed by atoms with Crippen molar-refractivity contribution in [1.82, 2.24) is 8.61 Å². The molecule has 1 aliphatic heterocycles. The van der Waals surface area contributed by atoms with Gasteiger partial charge in [-0.15, -0.1) is 0 Å². The average Bonchev–Trinajstić information content (AvgIpc) is 2.51. The number of hydrogen-bond donors (Lipinski definition) is 0. The van der Waals surface area contributed by atoms with Crippen LogP contribution in [0.15, 0.2) is 12.1 Å². The van der Waals surface area contributed by atoms with Crippen molar-refractivity contribution in [3.8, 4) is 11.5 Å². The molecule has 0 saturated carbocycles. The second-order valence-corrected chi connectivity index (χ2v) is 8.34. The summed E-state index contributed by atoms with van der Waals surface area (Å²) in [5.74, 6) is 1.44. The number of nitrogens with zero attached hydrogens (tertiary/aromatic N) is 2. The van der Waals surface area contributed by atoms with Crippen LogP contribution in [0.2, 0.25) is 0 Å². The Morgan fingerprint density at radius 3 is 2.22 bits per heavy atom. The number of ether oxygens (including phenoxy) is 2. The third kappa shape index (κ3) is 3.18. The Hall–Kier alpha value is -1.31. The first kappa shape index (κ1) is 18.0. The standard InChI is InChI=1S/C16H26N2O4S/c1-11(2)16-13-10-15(22-6)14(21-5)9-12(13)7-8-18(16)23(19,20)17(3)4/h9-11,16H,7-8H2,1-6H3. The SMILES string of the molecule is COc1cc2c(cc1OC)C(C(C)C)N(S(=O)(=O)N(C)C)CC2. The molecule has 0 radical (unpaired) electrons. The lowest BCUT2D eigenvalue weighted by Crippen LogP contribution is -2.47. The molecular weight excluding hydrogens is 316 g/mol. The molecule has 0 spiro atoms. The molecule has 0 aromatic heterocycles. The first-order valence-electron chi connectivity index (χ1n) is 7.68. The van der Waals surface area contributed by atoms with Crippen LogP contribution in [0.3, 0.4) is 0 Å². The predicted octanol–water partition coefficient (Wildman–Crippen LogP) is 2.07. The molecule has 1 heterocycles. The molecule has 0 amide bonds. The molecule has 0 aliphatic carbocycles. The number of rotatable bonds is 5. The van der Waals surface area contributed by atoms with Gasteiger partial charge >= 0.3 is 0 Å². The molecule has 1 atom stereocenters. The molecule has 130 valence electrons. The molecule has 6 nitrogen and oxygen atoms in total. The van der Waals surface area contributed by atoms with Crippen molar-refractivity contribution < 1.29 is 17.9 Å². The van der Waals surface area contributed by atoms with Crippen LogP contribution in [-0.2, 0) is 16.6 Å². The van der Waals surface area contributed by atoms with Crippen molar-refractivity contribution in [2.45, 2.75) is 26.3 Å². The first-order chi connectivity index (χ1) is 10.7. The molecule has 1 aromatic carbocycles. The molecule has 0 fully saturated rings. The highest BCUT2D eigenvalue weighted by molar-refractivity contribution is 7.86. The highest BCUT2D eigenvalue weighted by Crippen LogP contribution is 2.42. The number of hydrogen-bond acceptors (Lipinski definition) is 4. The lowest BCUT2D eigenvalue weighted by Gasteiger charge is -2.40. The molecular formula is C16H26N2O4S. The van der Waals surface area contributed by atoms with Crippen LogP contribution in [-0.4, -0.2) is 51.9 Å². The van der Waals surface area contributed by atoms with E-state index in [4.69, 9.17) is 9.47 Å². The van der Waals surface area contributed by atoms with Gasteiger partial charge in [-0.25, -0.2) is 0 Å². The monoisotopic (exact) mass is 342 g/mol. The van der Waals surface area contributed by atoms with Crippen LogP contribution in [0.4, 0.5) is 0 Å². The quantitative estimate of drug-likeness (QED) is 0.822. The lowest BCUT2D eigenvalue weighted by atomic mass is 9.87. The smallest absolute Gasteiger partial charge is 0.282 e. The molecule has 23 heavy (non-hydrogen) atoms. The van der Waals surface area contributed by atoms with E-state index >= 15 is 0 Å². The first-order valence-corrected chi connectivity index (χ1v) is 9.07. The minimum atomic E-state index is -3.48. The summed E-state index contributed by atoms with van der Waals surface area (Å²) in [6, 6.07) is 3.66. The Morgan fingerprint density at radius 2 is 1.74 bits per heavy atom. The zero-order valence-electron chi connectivity index (χ0n) is 14.7. The van der Waals surface area contributed by atoms with Gasteiger partial charge in [-0.1, -0.05) is 13.8 Å². The van der Waals surface area contributed by atoms with Crippen LogP contribution in [0.1, 0.15) is 31.0 Å². The van der Waals surface area contributed by atoms with E-state index < -0.39 is 10.2 Å². The van der Waals surface area contributed by atoms with Crippen LogP contribution in [0.5, 0.6) is 11.5 Å². The Morgan fingerprint density at radius 1 is 1.17 bits per heavy atom. The summed E-state index contributed by atoms with van der Waals surface area (Å²) < 4.78 is 39.0. The van der Waals surface area contributed by atoms with E-state index in [1.54, 1.807) is 32.6 Å². The van der Waals surface area contributed by atoms with Crippen LogP contribution in [0, 0.1) is 5.92 Å². The fraction of sp³-hybridized carbons (Fsp3) is 0.625. The van der Waals surface area contributed by atoms with E-state index in [0.717, 1.165) is 11.1 Å². The third-order valence-corrected chi connectivity index (χ3v) is 6.19. The Balaban J connectivity index is 2.59. The van der Waals surface area contributed by atoms with Gasteiger partial charge in [-0.05, 0) is 35.6 Å². The van der Waals surface area contributed by atoms with Gasteiger partial charge in [0.25, 0.3) is 10.2 Å². The predicted molar refractivity (Wildman–Crippen MR) is 90.1 cm³/mol. The molecule has 1 aromatic rings. The maximum absolute atomic E-state index is 12.7. The van der Waals surface area contributed by atoms with Crippen molar-refractivity contribution in [2.24, 2.45) is 5.92 Å². The average molecular weight is 342 g/mol. The van der Waals surface area contributed by atoms with Crippen molar-refractivity contribution >= 4 is 10.2 Å². The maximum atomic E-state index is 12.7. The Labute approximate surface area is 139 Å². The lowest BCUT2D eigenvalue weighted by molar-refractivity contribution is 0.234. The van der Waals surface area contributed by atoms with Gasteiger partial charge < -0.3 is 9.47 Å². The van der Waals surface area contributed by atoms with Crippen LogP contribution >= 0.6 is 0 Å². The number of fused-ring (bicyclic) bond motifs is 1.